The normalized spacial score (nSPS) is 12.5. The second kappa shape index (κ2) is 19.8. The van der Waals surface area contributed by atoms with Crippen LogP contribution in [0.5, 0.6) is 0 Å². The second-order valence-electron chi connectivity index (χ2n) is 7.24. The van der Waals surface area contributed by atoms with E-state index in [2.05, 4.69) is 19.1 Å². The summed E-state index contributed by atoms with van der Waals surface area (Å²) in [6.45, 7) is 2.25. The zero-order valence-electron chi connectivity index (χ0n) is 17.2. The lowest BCUT2D eigenvalue weighted by molar-refractivity contribution is -0.137. The van der Waals surface area contributed by atoms with Gasteiger partial charge in [0.25, 0.3) is 0 Å². The van der Waals surface area contributed by atoms with Gasteiger partial charge in [0, 0.05) is 17.4 Å². The van der Waals surface area contributed by atoms with Gasteiger partial charge in [-0.1, -0.05) is 76.9 Å². The van der Waals surface area contributed by atoms with Crippen molar-refractivity contribution in [1.29, 1.82) is 0 Å². The molecule has 0 fully saturated rings. The van der Waals surface area contributed by atoms with Crippen molar-refractivity contribution >= 4 is 23.7 Å². The first-order valence-corrected chi connectivity index (χ1v) is 11.8. The third kappa shape index (κ3) is 21.2. The molecule has 0 saturated carbocycles. The fourth-order valence-corrected chi connectivity index (χ4v) is 4.14. The van der Waals surface area contributed by atoms with Crippen molar-refractivity contribution in [3.63, 3.8) is 0 Å². The van der Waals surface area contributed by atoms with E-state index >= 15 is 0 Å². The monoisotopic (exact) mass is 400 g/mol. The molecule has 158 valence electrons. The molecule has 5 heteroatoms. The molecule has 27 heavy (non-hydrogen) atoms. The molecule has 0 aliphatic carbocycles. The SMILES string of the molecule is CCCCCCCCCCCCC=CC(CCCC(=O)O)SCCC(=O)O. The van der Waals surface area contributed by atoms with E-state index in [1.807, 2.05) is 0 Å². The highest BCUT2D eigenvalue weighted by molar-refractivity contribution is 8.00. The van der Waals surface area contributed by atoms with Crippen molar-refractivity contribution in [1.82, 2.24) is 0 Å². The molecule has 0 amide bonds. The first-order chi connectivity index (χ1) is 13.1. The largest absolute Gasteiger partial charge is 0.481 e. The minimum absolute atomic E-state index is 0.159. The number of allylic oxidation sites excluding steroid dienone is 1. The highest BCUT2D eigenvalue weighted by Crippen LogP contribution is 2.20. The molecule has 1 unspecified atom stereocenters. The Labute approximate surface area is 170 Å². The number of carboxylic acids is 2. The average molecular weight is 401 g/mol. The fourth-order valence-electron chi connectivity index (χ4n) is 2.98. The smallest absolute Gasteiger partial charge is 0.304 e. The van der Waals surface area contributed by atoms with Gasteiger partial charge in [0.1, 0.15) is 0 Å². The molecule has 2 N–H and O–H groups in total. The molecule has 0 aromatic rings. The van der Waals surface area contributed by atoms with Crippen molar-refractivity contribution in [3.8, 4) is 0 Å². The Hall–Kier alpha value is -0.970. The molecule has 0 radical (unpaired) electrons. The number of carboxylic acid groups (broad SMARTS) is 2. The summed E-state index contributed by atoms with van der Waals surface area (Å²) in [7, 11) is 0. The van der Waals surface area contributed by atoms with Crippen molar-refractivity contribution in [2.45, 2.75) is 108 Å². The van der Waals surface area contributed by atoms with E-state index in [-0.39, 0.29) is 18.1 Å². The number of aliphatic carboxylic acids is 2. The third-order valence-electron chi connectivity index (χ3n) is 4.60. The van der Waals surface area contributed by atoms with Gasteiger partial charge in [0.05, 0.1) is 6.42 Å². The first-order valence-electron chi connectivity index (χ1n) is 10.8. The summed E-state index contributed by atoms with van der Waals surface area (Å²) < 4.78 is 0. The van der Waals surface area contributed by atoms with Gasteiger partial charge in [-0.2, -0.15) is 11.8 Å². The molecule has 0 spiro atoms. The molecule has 0 bridgehead atoms. The number of carbonyl (C=O) groups is 2. The number of thioether (sulfide) groups is 1. The minimum atomic E-state index is -0.777. The van der Waals surface area contributed by atoms with Crippen molar-refractivity contribution in [2.75, 3.05) is 5.75 Å². The van der Waals surface area contributed by atoms with Crippen LogP contribution in [0.1, 0.15) is 103 Å². The summed E-state index contributed by atoms with van der Waals surface area (Å²) in [6.07, 6.45) is 20.5. The maximum atomic E-state index is 10.7. The summed E-state index contributed by atoms with van der Waals surface area (Å²) in [6, 6.07) is 0. The fraction of sp³-hybridized carbons (Fsp3) is 0.818. The topological polar surface area (TPSA) is 74.6 Å². The lowest BCUT2D eigenvalue weighted by Crippen LogP contribution is -2.05. The Morgan fingerprint density at radius 2 is 1.37 bits per heavy atom. The van der Waals surface area contributed by atoms with Gasteiger partial charge in [-0.3, -0.25) is 9.59 Å². The molecule has 0 aromatic heterocycles. The van der Waals surface area contributed by atoms with Gasteiger partial charge in [-0.15, -0.1) is 0 Å². The van der Waals surface area contributed by atoms with Crippen LogP contribution in [0.2, 0.25) is 0 Å². The van der Waals surface area contributed by atoms with Gasteiger partial charge >= 0.3 is 11.9 Å². The Kier molecular flexibility index (Phi) is 19.1. The van der Waals surface area contributed by atoms with Crippen LogP contribution < -0.4 is 0 Å². The van der Waals surface area contributed by atoms with Crippen molar-refractivity contribution < 1.29 is 19.8 Å². The van der Waals surface area contributed by atoms with E-state index < -0.39 is 11.9 Å². The number of hydrogen-bond donors (Lipinski definition) is 2. The number of hydrogen-bond acceptors (Lipinski definition) is 3. The van der Waals surface area contributed by atoms with Gasteiger partial charge in [0.2, 0.25) is 0 Å². The zero-order valence-corrected chi connectivity index (χ0v) is 18.0. The van der Waals surface area contributed by atoms with Crippen LogP contribution in [0.15, 0.2) is 12.2 Å². The Morgan fingerprint density at radius 1 is 0.815 bits per heavy atom. The quantitative estimate of drug-likeness (QED) is 0.176. The Balaban J connectivity index is 3.77. The summed E-state index contributed by atoms with van der Waals surface area (Å²) >= 11 is 1.62. The maximum absolute atomic E-state index is 10.7. The Bertz CT molecular complexity index is 376. The average Bonchev–Trinajstić information content (AvgIpc) is 2.61. The van der Waals surface area contributed by atoms with E-state index in [0.29, 0.717) is 12.2 Å². The van der Waals surface area contributed by atoms with E-state index in [1.165, 1.54) is 64.2 Å². The predicted octanol–water partition coefficient (Wildman–Crippen LogP) is 6.69. The van der Waals surface area contributed by atoms with Crippen molar-refractivity contribution in [3.05, 3.63) is 12.2 Å². The van der Waals surface area contributed by atoms with E-state index in [1.54, 1.807) is 11.8 Å². The molecule has 1 atom stereocenters. The standard InChI is InChI=1S/C22H40O4S/c1-2-3-4-5-6-7-8-9-10-11-12-13-15-20(16-14-17-21(23)24)27-19-18-22(25)26/h13,15,20H,2-12,14,16-19H2,1H3,(H,23,24)(H,25,26). The van der Waals surface area contributed by atoms with Crippen LogP contribution in [0.3, 0.4) is 0 Å². The van der Waals surface area contributed by atoms with Crippen LogP contribution >= 0.6 is 11.8 Å². The van der Waals surface area contributed by atoms with E-state index in [4.69, 9.17) is 10.2 Å². The second-order valence-corrected chi connectivity index (χ2v) is 8.58. The predicted molar refractivity (Wildman–Crippen MR) is 116 cm³/mol. The summed E-state index contributed by atoms with van der Waals surface area (Å²) in [4.78, 5) is 21.3. The van der Waals surface area contributed by atoms with Gasteiger partial charge in [-0.05, 0) is 25.7 Å². The van der Waals surface area contributed by atoms with Crippen LogP contribution in [0.4, 0.5) is 0 Å². The molecule has 0 saturated heterocycles. The molecule has 0 heterocycles. The lowest BCUT2D eigenvalue weighted by atomic mass is 10.1. The summed E-state index contributed by atoms with van der Waals surface area (Å²) in [5, 5.41) is 17.7. The van der Waals surface area contributed by atoms with Crippen LogP contribution in [-0.2, 0) is 9.59 Å². The number of unbranched alkanes of at least 4 members (excludes halogenated alkanes) is 10. The molecular formula is C22H40O4S. The Morgan fingerprint density at radius 3 is 1.93 bits per heavy atom. The zero-order chi connectivity index (χ0) is 20.2. The summed E-state index contributed by atoms with van der Waals surface area (Å²) in [5.74, 6) is -0.963. The van der Waals surface area contributed by atoms with Crippen LogP contribution in [0, 0.1) is 0 Å². The van der Waals surface area contributed by atoms with Crippen LogP contribution in [-0.4, -0.2) is 33.2 Å². The lowest BCUT2D eigenvalue weighted by Gasteiger charge is -2.11. The van der Waals surface area contributed by atoms with E-state index in [0.717, 1.165) is 12.8 Å². The molecule has 0 rings (SSSR count). The van der Waals surface area contributed by atoms with Crippen molar-refractivity contribution in [2.24, 2.45) is 0 Å². The number of rotatable bonds is 20. The first kappa shape index (κ1) is 26.0. The van der Waals surface area contributed by atoms with E-state index in [9.17, 15) is 9.59 Å². The minimum Gasteiger partial charge on any atom is -0.481 e. The molecule has 0 aliphatic rings. The summed E-state index contributed by atoms with van der Waals surface area (Å²) in [5.41, 5.74) is 0. The third-order valence-corrected chi connectivity index (χ3v) is 5.86. The molecule has 0 aliphatic heterocycles. The van der Waals surface area contributed by atoms with Gasteiger partial charge < -0.3 is 10.2 Å². The molecule has 0 aromatic carbocycles. The maximum Gasteiger partial charge on any atom is 0.304 e. The molecular weight excluding hydrogens is 360 g/mol. The highest BCUT2D eigenvalue weighted by atomic mass is 32.2. The van der Waals surface area contributed by atoms with Gasteiger partial charge in [-0.25, -0.2) is 0 Å². The van der Waals surface area contributed by atoms with Gasteiger partial charge in [0.15, 0.2) is 0 Å². The molecule has 4 nitrogen and oxygen atoms in total. The van der Waals surface area contributed by atoms with Crippen LogP contribution in [0.25, 0.3) is 0 Å². The highest BCUT2D eigenvalue weighted by Gasteiger charge is 2.08.